The number of hydrogen-bond acceptors (Lipinski definition) is 3. The number of H-pyrrole nitrogens is 1. The van der Waals surface area contributed by atoms with Gasteiger partial charge in [-0.1, -0.05) is 6.08 Å². The second-order valence-corrected chi connectivity index (χ2v) is 5.77. The number of allylic oxidation sites excluding steroid dienone is 1. The number of amides is 1. The number of carbonyl (C=O) groups excluding carboxylic acids is 1. The second kappa shape index (κ2) is 5.07. The molecule has 104 valence electrons. The van der Waals surface area contributed by atoms with E-state index in [1.54, 1.807) is 4.90 Å². The lowest BCUT2D eigenvalue weighted by molar-refractivity contribution is 0.0223. The molecule has 0 aliphatic carbocycles. The van der Waals surface area contributed by atoms with E-state index in [1.807, 2.05) is 26.8 Å². The van der Waals surface area contributed by atoms with Gasteiger partial charge >= 0.3 is 6.09 Å². The van der Waals surface area contributed by atoms with Gasteiger partial charge in [0.1, 0.15) is 5.60 Å². The van der Waals surface area contributed by atoms with Crippen LogP contribution in [-0.4, -0.2) is 33.3 Å². The molecule has 1 amide bonds. The van der Waals surface area contributed by atoms with Crippen molar-refractivity contribution in [1.82, 2.24) is 15.1 Å². The fourth-order valence-corrected chi connectivity index (χ4v) is 2.14. The van der Waals surface area contributed by atoms with Crippen LogP contribution < -0.4 is 0 Å². The van der Waals surface area contributed by atoms with Crippen molar-refractivity contribution >= 4 is 6.09 Å². The van der Waals surface area contributed by atoms with Gasteiger partial charge in [-0.25, -0.2) is 4.79 Å². The Morgan fingerprint density at radius 2 is 2.32 bits per heavy atom. The van der Waals surface area contributed by atoms with Crippen LogP contribution in [0, 0.1) is 0 Å². The monoisotopic (exact) mass is 263 g/mol. The van der Waals surface area contributed by atoms with Gasteiger partial charge in [-0.15, -0.1) is 6.58 Å². The smallest absolute Gasteiger partial charge is 0.410 e. The van der Waals surface area contributed by atoms with Crippen LogP contribution in [-0.2, 0) is 24.1 Å². The molecule has 1 aromatic heterocycles. The summed E-state index contributed by atoms with van der Waals surface area (Å²) in [6, 6.07) is 0. The van der Waals surface area contributed by atoms with Gasteiger partial charge in [0.2, 0.25) is 0 Å². The van der Waals surface area contributed by atoms with Crippen LogP contribution >= 0.6 is 0 Å². The molecule has 19 heavy (non-hydrogen) atoms. The molecule has 0 atom stereocenters. The number of carbonyl (C=O) groups is 1. The van der Waals surface area contributed by atoms with Crippen molar-refractivity contribution in [3.63, 3.8) is 0 Å². The molecule has 5 nitrogen and oxygen atoms in total. The molecule has 5 heteroatoms. The van der Waals surface area contributed by atoms with Crippen LogP contribution in [0.5, 0.6) is 0 Å². The number of rotatable bonds is 2. The minimum absolute atomic E-state index is 0.260. The molecule has 1 aromatic rings. The van der Waals surface area contributed by atoms with E-state index in [0.29, 0.717) is 19.5 Å². The number of hydrogen-bond donors (Lipinski definition) is 1. The molecule has 0 saturated carbocycles. The van der Waals surface area contributed by atoms with Crippen molar-refractivity contribution in [3.05, 3.63) is 29.6 Å². The third kappa shape index (κ3) is 3.16. The summed E-state index contributed by atoms with van der Waals surface area (Å²) >= 11 is 0. The lowest BCUT2D eigenvalue weighted by Crippen LogP contribution is -2.40. The van der Waals surface area contributed by atoms with Crippen LogP contribution in [0.1, 0.15) is 37.7 Å². The van der Waals surface area contributed by atoms with E-state index >= 15 is 0 Å². The molecule has 2 rings (SSSR count). The van der Waals surface area contributed by atoms with Crippen LogP contribution in [0.3, 0.4) is 0 Å². The Kier molecular flexibility index (Phi) is 3.64. The van der Waals surface area contributed by atoms with Gasteiger partial charge in [-0.05, 0) is 20.8 Å². The van der Waals surface area contributed by atoms with Crippen LogP contribution in [0.25, 0.3) is 0 Å². The maximum atomic E-state index is 12.1. The predicted molar refractivity (Wildman–Crippen MR) is 72.8 cm³/mol. The SMILES string of the molecule is C=CCc1n[nH]c2c1CN(C(=O)OC(C)(C)C)CC2. The molecule has 0 spiro atoms. The quantitative estimate of drug-likeness (QED) is 0.834. The van der Waals surface area contributed by atoms with Gasteiger partial charge in [-0.3, -0.25) is 5.10 Å². The number of ether oxygens (including phenoxy) is 1. The highest BCUT2D eigenvalue weighted by molar-refractivity contribution is 5.68. The van der Waals surface area contributed by atoms with Gasteiger partial charge in [-0.2, -0.15) is 5.10 Å². The standard InChI is InChI=1S/C14H21N3O2/c1-5-6-11-10-9-17(8-7-12(10)16-15-11)13(18)19-14(2,3)4/h5H,1,6-9H2,2-4H3,(H,15,16). The van der Waals surface area contributed by atoms with E-state index in [2.05, 4.69) is 16.8 Å². The van der Waals surface area contributed by atoms with E-state index in [-0.39, 0.29) is 6.09 Å². The molecule has 2 heterocycles. The number of aromatic amines is 1. The Morgan fingerprint density at radius 1 is 1.58 bits per heavy atom. The minimum Gasteiger partial charge on any atom is -0.444 e. The van der Waals surface area contributed by atoms with Crippen LogP contribution in [0.4, 0.5) is 4.79 Å². The van der Waals surface area contributed by atoms with Crippen molar-refractivity contribution in [3.8, 4) is 0 Å². The largest absolute Gasteiger partial charge is 0.444 e. The molecule has 0 radical (unpaired) electrons. The Morgan fingerprint density at radius 3 is 2.95 bits per heavy atom. The summed E-state index contributed by atoms with van der Waals surface area (Å²) in [5.41, 5.74) is 2.74. The minimum atomic E-state index is -0.461. The number of nitrogens with one attached hydrogen (secondary N) is 1. The van der Waals surface area contributed by atoms with Crippen molar-refractivity contribution < 1.29 is 9.53 Å². The van der Waals surface area contributed by atoms with Crippen molar-refractivity contribution in [2.75, 3.05) is 6.54 Å². The molecular weight excluding hydrogens is 242 g/mol. The topological polar surface area (TPSA) is 58.2 Å². The third-order valence-electron chi connectivity index (χ3n) is 3.01. The average Bonchev–Trinajstić information content (AvgIpc) is 2.70. The second-order valence-electron chi connectivity index (χ2n) is 5.77. The zero-order valence-electron chi connectivity index (χ0n) is 11.8. The van der Waals surface area contributed by atoms with Crippen LogP contribution in [0.15, 0.2) is 12.7 Å². The maximum absolute atomic E-state index is 12.1. The molecular formula is C14H21N3O2. The summed E-state index contributed by atoms with van der Waals surface area (Å²) in [5.74, 6) is 0. The summed E-state index contributed by atoms with van der Waals surface area (Å²) < 4.78 is 5.40. The lowest BCUT2D eigenvalue weighted by atomic mass is 10.0. The Labute approximate surface area is 113 Å². The fourth-order valence-electron chi connectivity index (χ4n) is 2.14. The van der Waals surface area contributed by atoms with Gasteiger partial charge in [0.15, 0.2) is 0 Å². The number of nitrogens with zero attached hydrogens (tertiary/aromatic N) is 2. The highest BCUT2D eigenvalue weighted by atomic mass is 16.6. The summed E-state index contributed by atoms with van der Waals surface area (Å²) in [6.45, 7) is 10.6. The summed E-state index contributed by atoms with van der Waals surface area (Å²) in [4.78, 5) is 13.8. The highest BCUT2D eigenvalue weighted by Crippen LogP contribution is 2.22. The summed E-state index contributed by atoms with van der Waals surface area (Å²) in [5, 5.41) is 7.32. The molecule has 1 aliphatic rings. The Bertz CT molecular complexity index is 485. The molecule has 0 bridgehead atoms. The van der Waals surface area contributed by atoms with E-state index in [9.17, 15) is 4.79 Å². The zero-order chi connectivity index (χ0) is 14.0. The summed E-state index contributed by atoms with van der Waals surface area (Å²) in [7, 11) is 0. The highest BCUT2D eigenvalue weighted by Gasteiger charge is 2.28. The zero-order valence-corrected chi connectivity index (χ0v) is 11.8. The van der Waals surface area contributed by atoms with Gasteiger partial charge in [0.05, 0.1) is 12.2 Å². The third-order valence-corrected chi connectivity index (χ3v) is 3.01. The van der Waals surface area contributed by atoms with E-state index < -0.39 is 5.60 Å². The van der Waals surface area contributed by atoms with Gasteiger partial charge in [0, 0.05) is 30.6 Å². The van der Waals surface area contributed by atoms with E-state index in [0.717, 1.165) is 23.4 Å². The molecule has 0 saturated heterocycles. The van der Waals surface area contributed by atoms with Crippen LogP contribution in [0.2, 0.25) is 0 Å². The predicted octanol–water partition coefficient (Wildman–Crippen LogP) is 2.43. The first kappa shape index (κ1) is 13.6. The molecule has 1 aliphatic heterocycles. The molecule has 0 fully saturated rings. The molecule has 1 N–H and O–H groups in total. The number of aromatic nitrogens is 2. The van der Waals surface area contributed by atoms with Crippen molar-refractivity contribution in [1.29, 1.82) is 0 Å². The van der Waals surface area contributed by atoms with Crippen molar-refractivity contribution in [2.45, 2.75) is 45.8 Å². The fraction of sp³-hybridized carbons (Fsp3) is 0.571. The average molecular weight is 263 g/mol. The molecule has 0 unspecified atom stereocenters. The maximum Gasteiger partial charge on any atom is 0.410 e. The van der Waals surface area contributed by atoms with E-state index in [4.69, 9.17) is 4.74 Å². The van der Waals surface area contributed by atoms with Crippen molar-refractivity contribution in [2.24, 2.45) is 0 Å². The first-order valence-electron chi connectivity index (χ1n) is 6.54. The van der Waals surface area contributed by atoms with Gasteiger partial charge < -0.3 is 9.64 Å². The lowest BCUT2D eigenvalue weighted by Gasteiger charge is -2.30. The van der Waals surface area contributed by atoms with E-state index in [1.165, 1.54) is 0 Å². The summed E-state index contributed by atoms with van der Waals surface area (Å²) in [6.07, 6.45) is 3.07. The first-order valence-corrected chi connectivity index (χ1v) is 6.54. The normalized spacial score (nSPS) is 15.0. The first-order chi connectivity index (χ1) is 8.90. The van der Waals surface area contributed by atoms with Gasteiger partial charge in [0.25, 0.3) is 0 Å². The Balaban J connectivity index is 2.10. The Hall–Kier alpha value is -1.78. The number of fused-ring (bicyclic) bond motifs is 1. The molecule has 0 aromatic carbocycles.